The zero-order valence-electron chi connectivity index (χ0n) is 14.2. The van der Waals surface area contributed by atoms with Crippen molar-refractivity contribution in [2.45, 2.75) is 101 Å². The maximum absolute atomic E-state index is 6.77. The molecule has 0 saturated heterocycles. The highest BCUT2D eigenvalue weighted by molar-refractivity contribution is 14.1. The molecule has 120 valence electrons. The highest BCUT2D eigenvalue weighted by Gasteiger charge is 2.32. The van der Waals surface area contributed by atoms with Crippen molar-refractivity contribution in [1.29, 1.82) is 0 Å². The fourth-order valence-corrected chi connectivity index (χ4v) is 4.24. The minimum absolute atomic E-state index is 0.00349. The smallest absolute Gasteiger partial charge is 0.0419 e. The highest BCUT2D eigenvalue weighted by atomic mass is 127. The topological polar surface area (TPSA) is 0 Å². The molecule has 0 aromatic rings. The van der Waals surface area contributed by atoms with Crippen molar-refractivity contribution in [2.24, 2.45) is 11.3 Å². The van der Waals surface area contributed by atoms with Gasteiger partial charge in [0.05, 0.1) is 0 Å². The van der Waals surface area contributed by atoms with Crippen LogP contribution in [0.5, 0.6) is 0 Å². The van der Waals surface area contributed by atoms with Gasteiger partial charge in [-0.25, -0.2) is 0 Å². The summed E-state index contributed by atoms with van der Waals surface area (Å²) in [5.41, 5.74) is 0.508. The van der Waals surface area contributed by atoms with Crippen LogP contribution in [0, 0.1) is 11.3 Å². The summed E-state index contributed by atoms with van der Waals surface area (Å²) in [6, 6.07) is 0. The van der Waals surface area contributed by atoms with Gasteiger partial charge in [0.1, 0.15) is 0 Å². The molecule has 0 amide bonds. The fourth-order valence-electron chi connectivity index (χ4n) is 3.36. The summed E-state index contributed by atoms with van der Waals surface area (Å²) in [6.45, 7) is 12.0. The second-order valence-electron chi connectivity index (χ2n) is 8.20. The van der Waals surface area contributed by atoms with E-state index in [0.29, 0.717) is 8.84 Å². The number of hydrogen-bond acceptors (Lipinski definition) is 0. The molecule has 0 heterocycles. The highest BCUT2D eigenvalue weighted by Crippen LogP contribution is 2.43. The molecule has 0 N–H and O–H groups in total. The normalized spacial score (nSPS) is 42.0. The molecule has 3 atom stereocenters. The van der Waals surface area contributed by atoms with Gasteiger partial charge in [-0.3, -0.25) is 0 Å². The minimum atomic E-state index is 0.00349. The van der Waals surface area contributed by atoms with Crippen LogP contribution >= 0.6 is 34.2 Å². The Balaban J connectivity index is 2.74. The largest absolute Gasteiger partial charge is 0.120 e. The molecule has 0 aromatic heterocycles. The summed E-state index contributed by atoms with van der Waals surface area (Å²) in [4.78, 5) is 0.00349. The van der Waals surface area contributed by atoms with Crippen LogP contribution < -0.4 is 0 Å². The third-order valence-corrected chi connectivity index (χ3v) is 7.16. The van der Waals surface area contributed by atoms with Crippen LogP contribution in [0.1, 0.15) is 92.4 Å². The Labute approximate surface area is 146 Å². The summed E-state index contributed by atoms with van der Waals surface area (Å²) < 4.78 is 0.432. The van der Waals surface area contributed by atoms with Crippen molar-refractivity contribution in [1.82, 2.24) is 0 Å². The molecule has 1 fully saturated rings. The van der Waals surface area contributed by atoms with Gasteiger partial charge in [0.25, 0.3) is 0 Å². The van der Waals surface area contributed by atoms with E-state index in [-0.39, 0.29) is 4.87 Å². The van der Waals surface area contributed by atoms with Crippen LogP contribution in [0.25, 0.3) is 0 Å². The molecule has 0 aliphatic heterocycles. The van der Waals surface area contributed by atoms with Crippen LogP contribution in [-0.4, -0.2) is 8.30 Å². The molecule has 0 spiro atoms. The van der Waals surface area contributed by atoms with Gasteiger partial charge >= 0.3 is 0 Å². The zero-order chi connectivity index (χ0) is 15.4. The predicted molar refractivity (Wildman–Crippen MR) is 101 cm³/mol. The van der Waals surface area contributed by atoms with Crippen LogP contribution in [0.4, 0.5) is 0 Å². The lowest BCUT2D eigenvalue weighted by Gasteiger charge is -2.37. The molecular weight excluding hydrogens is 379 g/mol. The molecular formula is C18H34ClI. The molecule has 1 rings (SSSR count). The summed E-state index contributed by atoms with van der Waals surface area (Å²) in [6.07, 6.45) is 11.7. The summed E-state index contributed by atoms with van der Waals surface area (Å²) in [7, 11) is 0. The number of hydrogen-bond donors (Lipinski definition) is 0. The van der Waals surface area contributed by atoms with Crippen molar-refractivity contribution in [3.05, 3.63) is 0 Å². The van der Waals surface area contributed by atoms with E-state index >= 15 is 0 Å². The Morgan fingerprint density at radius 1 is 0.800 bits per heavy atom. The molecule has 0 aromatic carbocycles. The second-order valence-corrected chi connectivity index (χ2v) is 11.7. The molecule has 1 aliphatic carbocycles. The molecule has 0 bridgehead atoms. The lowest BCUT2D eigenvalue weighted by molar-refractivity contribution is 0.164. The van der Waals surface area contributed by atoms with Gasteiger partial charge in [-0.15, -0.1) is 11.6 Å². The first-order valence-corrected chi connectivity index (χ1v) is 9.90. The third-order valence-electron chi connectivity index (χ3n) is 5.70. The van der Waals surface area contributed by atoms with Gasteiger partial charge in [0, 0.05) is 8.30 Å². The third kappa shape index (κ3) is 6.42. The van der Waals surface area contributed by atoms with Crippen molar-refractivity contribution in [3.8, 4) is 0 Å². The predicted octanol–water partition coefficient (Wildman–Crippen LogP) is 7.36. The molecule has 20 heavy (non-hydrogen) atoms. The van der Waals surface area contributed by atoms with Crippen molar-refractivity contribution < 1.29 is 0 Å². The van der Waals surface area contributed by atoms with Crippen LogP contribution in [-0.2, 0) is 0 Å². The van der Waals surface area contributed by atoms with Crippen molar-refractivity contribution >= 4 is 34.2 Å². The maximum Gasteiger partial charge on any atom is 0.0419 e. The van der Waals surface area contributed by atoms with Crippen molar-refractivity contribution in [2.75, 3.05) is 0 Å². The van der Waals surface area contributed by atoms with Gasteiger partial charge in [-0.05, 0) is 56.8 Å². The zero-order valence-corrected chi connectivity index (χ0v) is 17.1. The average Bonchev–Trinajstić information content (AvgIpc) is 2.31. The van der Waals surface area contributed by atoms with Gasteiger partial charge in [-0.1, -0.05) is 69.5 Å². The van der Waals surface area contributed by atoms with E-state index in [0.717, 1.165) is 12.3 Å². The van der Waals surface area contributed by atoms with E-state index in [1.54, 1.807) is 0 Å². The molecule has 1 saturated carbocycles. The maximum atomic E-state index is 6.77. The first-order chi connectivity index (χ1) is 9.06. The van der Waals surface area contributed by atoms with E-state index in [4.69, 9.17) is 11.6 Å². The molecule has 1 aliphatic rings. The number of alkyl halides is 2. The number of rotatable bonds is 1. The van der Waals surface area contributed by atoms with Gasteiger partial charge < -0.3 is 0 Å². The van der Waals surface area contributed by atoms with E-state index in [2.05, 4.69) is 57.2 Å². The van der Waals surface area contributed by atoms with Gasteiger partial charge in [-0.2, -0.15) is 0 Å². The van der Waals surface area contributed by atoms with E-state index in [9.17, 15) is 0 Å². The van der Waals surface area contributed by atoms with Gasteiger partial charge in [0.15, 0.2) is 0 Å². The Morgan fingerprint density at radius 3 is 1.95 bits per heavy atom. The Bertz CT molecular complexity index is 296. The SMILES string of the molecule is CC(C)C1(C)CCCCC(C)(I)CCC(C)(Cl)CCC1. The standard InChI is InChI=1S/C18H34ClI/c1-15(2)16(3)9-6-7-12-18(5,20)14-13-17(4,19)11-8-10-16/h15H,6-14H2,1-5H3. The van der Waals surface area contributed by atoms with Crippen LogP contribution in [0.2, 0.25) is 0 Å². The Kier molecular flexibility index (Phi) is 7.18. The second kappa shape index (κ2) is 7.53. The van der Waals surface area contributed by atoms with E-state index in [1.807, 2.05) is 0 Å². The Morgan fingerprint density at radius 2 is 1.35 bits per heavy atom. The number of halogens is 2. The molecule has 2 heteroatoms. The van der Waals surface area contributed by atoms with Crippen molar-refractivity contribution in [3.63, 3.8) is 0 Å². The first kappa shape index (κ1) is 19.1. The lowest BCUT2D eigenvalue weighted by atomic mass is 9.70. The monoisotopic (exact) mass is 412 g/mol. The lowest BCUT2D eigenvalue weighted by Crippen LogP contribution is -2.28. The fraction of sp³-hybridized carbons (Fsp3) is 1.00. The van der Waals surface area contributed by atoms with E-state index < -0.39 is 0 Å². The van der Waals surface area contributed by atoms with Crippen LogP contribution in [0.15, 0.2) is 0 Å². The average molecular weight is 413 g/mol. The summed E-state index contributed by atoms with van der Waals surface area (Å²) in [5.74, 6) is 0.776. The summed E-state index contributed by atoms with van der Waals surface area (Å²) >= 11 is 9.43. The quantitative estimate of drug-likeness (QED) is 0.311. The van der Waals surface area contributed by atoms with E-state index in [1.165, 1.54) is 51.4 Å². The molecule has 0 nitrogen and oxygen atoms in total. The molecule has 3 unspecified atom stereocenters. The first-order valence-electron chi connectivity index (χ1n) is 8.44. The van der Waals surface area contributed by atoms with Gasteiger partial charge in [0.2, 0.25) is 0 Å². The van der Waals surface area contributed by atoms with Crippen LogP contribution in [0.3, 0.4) is 0 Å². The Hall–Kier alpha value is 1.02. The molecule has 0 radical (unpaired) electrons. The minimum Gasteiger partial charge on any atom is -0.120 e. The summed E-state index contributed by atoms with van der Waals surface area (Å²) in [5, 5.41) is 0.